The van der Waals surface area contributed by atoms with Gasteiger partial charge in [0.05, 0.1) is 10.5 Å². The van der Waals surface area contributed by atoms with Gasteiger partial charge in [0, 0.05) is 6.42 Å². The lowest BCUT2D eigenvalue weighted by molar-refractivity contribution is 1.08. The Hall–Kier alpha value is -0.570. The molecule has 0 aromatic heterocycles. The predicted molar refractivity (Wildman–Crippen MR) is 35.1 cm³/mol. The van der Waals surface area contributed by atoms with Gasteiger partial charge in [-0.1, -0.05) is 6.08 Å². The van der Waals surface area contributed by atoms with Crippen molar-refractivity contribution in [2.45, 2.75) is 6.42 Å². The van der Waals surface area contributed by atoms with Crippen molar-refractivity contribution in [1.29, 1.82) is 0 Å². The molecule has 0 unspecified atom stereocenters. The van der Waals surface area contributed by atoms with Gasteiger partial charge >= 0.3 is 11.9 Å². The molecule has 2 nitrogen and oxygen atoms in total. The van der Waals surface area contributed by atoms with Gasteiger partial charge < -0.3 is 0 Å². The first-order chi connectivity index (χ1) is 3.93. The Bertz CT molecular complexity index is 149. The van der Waals surface area contributed by atoms with Crippen molar-refractivity contribution in [2.24, 2.45) is 5.11 Å². The number of rotatable bonds is 2. The molecule has 1 heterocycles. The van der Waals surface area contributed by atoms with E-state index in [0.29, 0.717) is 0 Å². The Balaban J connectivity index is 2.45. The smallest absolute Gasteiger partial charge is 0.103 e. The lowest BCUT2D eigenvalue weighted by Gasteiger charge is -1.76. The first kappa shape index (κ1) is 5.56. The van der Waals surface area contributed by atoms with Crippen molar-refractivity contribution in [3.63, 3.8) is 0 Å². The minimum absolute atomic E-state index is 0.830. The molecule has 0 spiro atoms. The highest BCUT2D eigenvalue weighted by atomic mass is 32.2. The van der Waals surface area contributed by atoms with Crippen LogP contribution in [0.4, 0.5) is 0 Å². The summed E-state index contributed by atoms with van der Waals surface area (Å²) in [6.45, 7) is 3.57. The molecule has 0 fully saturated rings. The molecule has 0 aliphatic carbocycles. The van der Waals surface area contributed by atoms with Crippen LogP contribution in [-0.4, -0.2) is 0 Å². The molecule has 0 saturated carbocycles. The minimum atomic E-state index is 0.830. The monoisotopic (exact) mass is 126 g/mol. The van der Waals surface area contributed by atoms with Crippen LogP contribution in [0.5, 0.6) is 0 Å². The minimum Gasteiger partial charge on any atom is -0.103 e. The zero-order valence-corrected chi connectivity index (χ0v) is 5.19. The van der Waals surface area contributed by atoms with Crippen molar-refractivity contribution in [1.82, 2.24) is 4.52 Å². The molecule has 8 heavy (non-hydrogen) atoms. The number of allylic oxidation sites excluding steroid dienone is 1. The molecule has 0 saturated heterocycles. The zero-order chi connectivity index (χ0) is 5.82. The van der Waals surface area contributed by atoms with E-state index >= 15 is 0 Å². The van der Waals surface area contributed by atoms with E-state index < -0.39 is 0 Å². The fourth-order valence-corrected chi connectivity index (χ4v) is 0.885. The second kappa shape index (κ2) is 2.67. The van der Waals surface area contributed by atoms with Gasteiger partial charge in [-0.15, -0.1) is 6.58 Å². The van der Waals surface area contributed by atoms with Gasteiger partial charge in [-0.3, -0.25) is 0 Å². The maximum atomic E-state index is 3.80. The molecule has 1 rings (SSSR count). The molecule has 0 N–H and O–H groups in total. The molecule has 3 heteroatoms. The SMILES string of the molecule is C=CCC1=CS[N+]=N1. The Morgan fingerprint density at radius 1 is 2.00 bits per heavy atom. The summed E-state index contributed by atoms with van der Waals surface area (Å²) in [5, 5.41) is 5.72. The van der Waals surface area contributed by atoms with Crippen LogP contribution in [-0.2, 0) is 0 Å². The topological polar surface area (TPSA) is 26.5 Å². The van der Waals surface area contributed by atoms with Crippen molar-refractivity contribution >= 4 is 11.9 Å². The van der Waals surface area contributed by atoms with Gasteiger partial charge in [0.2, 0.25) is 0 Å². The molecular weight excluding hydrogens is 120 g/mol. The molecule has 41 valence electrons. The van der Waals surface area contributed by atoms with E-state index in [1.165, 1.54) is 11.9 Å². The van der Waals surface area contributed by atoms with Crippen molar-refractivity contribution in [2.75, 3.05) is 0 Å². The Morgan fingerprint density at radius 3 is 3.38 bits per heavy atom. The molecule has 0 aromatic rings. The van der Waals surface area contributed by atoms with Crippen LogP contribution in [0.2, 0.25) is 0 Å². The van der Waals surface area contributed by atoms with E-state index in [4.69, 9.17) is 0 Å². The second-order valence-corrected chi connectivity index (χ2v) is 2.00. The van der Waals surface area contributed by atoms with E-state index in [1.807, 2.05) is 11.5 Å². The number of nitrogens with zero attached hydrogens (tertiary/aromatic N) is 2. The predicted octanol–water partition coefficient (Wildman–Crippen LogP) is 1.85. The van der Waals surface area contributed by atoms with Gasteiger partial charge in [-0.05, 0) is 0 Å². The first-order valence-electron chi connectivity index (χ1n) is 2.30. The number of hydrogen-bond acceptors (Lipinski definition) is 3. The van der Waals surface area contributed by atoms with Crippen LogP contribution in [0.15, 0.2) is 28.9 Å². The molecule has 0 bridgehead atoms. The van der Waals surface area contributed by atoms with Gasteiger partial charge in [-0.25, -0.2) is 0 Å². The highest BCUT2D eigenvalue weighted by Crippen LogP contribution is 2.14. The Labute approximate surface area is 52.5 Å². The van der Waals surface area contributed by atoms with Crippen LogP contribution in [0.3, 0.4) is 0 Å². The quantitative estimate of drug-likeness (QED) is 0.409. The van der Waals surface area contributed by atoms with E-state index in [1.54, 1.807) is 0 Å². The average molecular weight is 126 g/mol. The summed E-state index contributed by atoms with van der Waals surface area (Å²) < 4.78 is 3.68. The van der Waals surface area contributed by atoms with Crippen molar-refractivity contribution < 1.29 is 0 Å². The Morgan fingerprint density at radius 2 is 2.88 bits per heavy atom. The van der Waals surface area contributed by atoms with Crippen LogP contribution in [0.1, 0.15) is 6.42 Å². The van der Waals surface area contributed by atoms with Crippen LogP contribution >= 0.6 is 11.9 Å². The third-order valence-electron chi connectivity index (χ3n) is 0.759. The molecule has 1 radical (unpaired) electrons. The maximum Gasteiger partial charge on any atom is 0.306 e. The normalized spacial score (nSPS) is 16.2. The lowest BCUT2D eigenvalue weighted by atomic mass is 10.3. The summed E-state index contributed by atoms with van der Waals surface area (Å²) in [5.74, 6) is 0. The highest BCUT2D eigenvalue weighted by molar-refractivity contribution is 8.00. The summed E-state index contributed by atoms with van der Waals surface area (Å²) in [7, 11) is 0. The van der Waals surface area contributed by atoms with Gasteiger partial charge in [0.25, 0.3) is 4.52 Å². The molecule has 1 aliphatic heterocycles. The second-order valence-electron chi connectivity index (χ2n) is 1.39. The van der Waals surface area contributed by atoms with Crippen LogP contribution in [0, 0.1) is 0 Å². The lowest BCUT2D eigenvalue weighted by Crippen LogP contribution is -1.67. The fraction of sp³-hybridized carbons (Fsp3) is 0.200. The summed E-state index contributed by atoms with van der Waals surface area (Å²) in [6.07, 6.45) is 2.65. The third kappa shape index (κ3) is 1.20. The van der Waals surface area contributed by atoms with E-state index in [0.717, 1.165) is 12.1 Å². The fourth-order valence-electron chi connectivity index (χ4n) is 0.421. The summed E-state index contributed by atoms with van der Waals surface area (Å²) >= 11 is 1.37. The number of hydrogen-bond donors (Lipinski definition) is 0. The molecule has 0 amide bonds. The molecule has 0 aromatic carbocycles. The van der Waals surface area contributed by atoms with Gasteiger partial charge in [-0.2, -0.15) is 0 Å². The molecular formula is C5H6N2S+. The standard InChI is InChI=1S/C5H6N2S/c1-2-3-5-4-8-7-6-5/h2,4H,1,3H2/q+1. The summed E-state index contributed by atoms with van der Waals surface area (Å²) in [4.78, 5) is 0. The van der Waals surface area contributed by atoms with Crippen LogP contribution < -0.4 is 4.52 Å². The zero-order valence-electron chi connectivity index (χ0n) is 4.37. The van der Waals surface area contributed by atoms with E-state index in [9.17, 15) is 0 Å². The van der Waals surface area contributed by atoms with E-state index in [2.05, 4.69) is 16.2 Å². The first-order valence-corrected chi connectivity index (χ1v) is 3.14. The summed E-state index contributed by atoms with van der Waals surface area (Å²) in [5.41, 5.74) is 1.00. The van der Waals surface area contributed by atoms with E-state index in [-0.39, 0.29) is 0 Å². The largest absolute Gasteiger partial charge is 0.306 e. The summed E-state index contributed by atoms with van der Waals surface area (Å²) in [6, 6.07) is 0. The average Bonchev–Trinajstić information content (AvgIpc) is 2.19. The third-order valence-corrected chi connectivity index (χ3v) is 1.31. The Kier molecular flexibility index (Phi) is 1.86. The molecule has 1 aliphatic rings. The van der Waals surface area contributed by atoms with Gasteiger partial charge in [0.15, 0.2) is 0 Å². The maximum absolute atomic E-state index is 3.80. The molecule has 0 atom stereocenters. The van der Waals surface area contributed by atoms with Gasteiger partial charge in [0.1, 0.15) is 5.70 Å². The van der Waals surface area contributed by atoms with Crippen molar-refractivity contribution in [3.05, 3.63) is 23.8 Å². The van der Waals surface area contributed by atoms with Crippen LogP contribution in [0.25, 0.3) is 0 Å². The van der Waals surface area contributed by atoms with Crippen molar-refractivity contribution in [3.8, 4) is 0 Å². The highest BCUT2D eigenvalue weighted by Gasteiger charge is 2.10.